The minimum absolute atomic E-state index is 0.664. The van der Waals surface area contributed by atoms with Gasteiger partial charge in [-0.25, -0.2) is 19.9 Å². The van der Waals surface area contributed by atoms with Crippen molar-refractivity contribution >= 4 is 28.6 Å². The second kappa shape index (κ2) is 8.66. The van der Waals surface area contributed by atoms with Gasteiger partial charge >= 0.3 is 0 Å². The summed E-state index contributed by atoms with van der Waals surface area (Å²) in [6.07, 6.45) is 3.40. The summed E-state index contributed by atoms with van der Waals surface area (Å²) >= 11 is 0. The lowest BCUT2D eigenvalue weighted by molar-refractivity contribution is 0.233. The van der Waals surface area contributed by atoms with Gasteiger partial charge in [0, 0.05) is 57.6 Å². The largest absolute Gasteiger partial charge is 0.373 e. The van der Waals surface area contributed by atoms with Crippen molar-refractivity contribution in [3.05, 3.63) is 54.5 Å². The summed E-state index contributed by atoms with van der Waals surface area (Å²) in [4.78, 5) is 23.5. The van der Waals surface area contributed by atoms with Crippen molar-refractivity contribution in [2.45, 2.75) is 6.54 Å². The zero-order valence-corrected chi connectivity index (χ0v) is 17.4. The predicted octanol–water partition coefficient (Wildman–Crippen LogP) is 2.61. The van der Waals surface area contributed by atoms with Crippen molar-refractivity contribution in [1.82, 2.24) is 35.1 Å². The Kier molecular flexibility index (Phi) is 5.42. The molecule has 3 aromatic heterocycles. The predicted molar refractivity (Wildman–Crippen MR) is 122 cm³/mol. The molecule has 31 heavy (non-hydrogen) atoms. The van der Waals surface area contributed by atoms with Crippen LogP contribution >= 0.6 is 0 Å². The zero-order valence-electron chi connectivity index (χ0n) is 17.4. The Morgan fingerprint density at radius 3 is 2.77 bits per heavy atom. The summed E-state index contributed by atoms with van der Waals surface area (Å²) in [6, 6.07) is 12.1. The van der Waals surface area contributed by atoms with Crippen LogP contribution in [0.5, 0.6) is 0 Å². The number of imidazole rings is 1. The van der Waals surface area contributed by atoms with Crippen LogP contribution in [0.15, 0.2) is 48.9 Å². The zero-order chi connectivity index (χ0) is 21.0. The molecule has 158 valence electrons. The maximum absolute atomic E-state index is 4.65. The number of aromatic amines is 1. The van der Waals surface area contributed by atoms with Crippen LogP contribution < -0.4 is 16.0 Å². The number of rotatable bonds is 6. The standard InChI is InChI=1S/C22H25N9/c1-23-20-12-18(26-14-27-20)16-2-3-17-19(11-16)29-22(28-17)30-21-10-15(4-5-25-21)13-31-8-6-24-7-9-31/h2-5,10-12,14,24H,6-9,13H2,1H3,(H,23,26,27)(H2,25,28,29,30). The van der Waals surface area contributed by atoms with Gasteiger partial charge in [-0.05, 0) is 29.8 Å². The number of nitrogens with zero attached hydrogens (tertiary/aromatic N) is 5. The molecule has 0 saturated carbocycles. The number of aromatic nitrogens is 5. The van der Waals surface area contributed by atoms with Crippen molar-refractivity contribution in [3.8, 4) is 11.3 Å². The topological polar surface area (TPSA) is 107 Å². The first kappa shape index (κ1) is 19.4. The maximum atomic E-state index is 4.65. The first-order valence-corrected chi connectivity index (χ1v) is 10.4. The first-order chi connectivity index (χ1) is 15.3. The van der Waals surface area contributed by atoms with E-state index in [0.29, 0.717) is 5.95 Å². The van der Waals surface area contributed by atoms with Crippen molar-refractivity contribution in [2.75, 3.05) is 43.9 Å². The lowest BCUT2D eigenvalue weighted by Crippen LogP contribution is -2.42. The second-order valence-electron chi connectivity index (χ2n) is 7.56. The van der Waals surface area contributed by atoms with E-state index in [0.717, 1.165) is 66.7 Å². The molecule has 0 atom stereocenters. The Bertz CT molecular complexity index is 1180. The normalized spacial score (nSPS) is 14.6. The lowest BCUT2D eigenvalue weighted by Gasteiger charge is -2.27. The Morgan fingerprint density at radius 1 is 1.00 bits per heavy atom. The third-order valence-electron chi connectivity index (χ3n) is 5.39. The molecule has 0 aliphatic carbocycles. The maximum Gasteiger partial charge on any atom is 0.206 e. The molecule has 0 radical (unpaired) electrons. The van der Waals surface area contributed by atoms with E-state index < -0.39 is 0 Å². The van der Waals surface area contributed by atoms with Crippen molar-refractivity contribution in [2.24, 2.45) is 0 Å². The minimum Gasteiger partial charge on any atom is -0.373 e. The number of pyridine rings is 1. The Morgan fingerprint density at radius 2 is 1.90 bits per heavy atom. The Hall–Kier alpha value is -3.56. The summed E-state index contributed by atoms with van der Waals surface area (Å²) in [6.45, 7) is 5.15. The van der Waals surface area contributed by atoms with Crippen LogP contribution in [0.1, 0.15) is 5.56 Å². The molecule has 4 N–H and O–H groups in total. The SMILES string of the molecule is CNc1cc(-c2ccc3nc(Nc4cc(CN5CCNCC5)ccn4)[nH]c3c2)ncn1. The number of nitrogens with one attached hydrogen (secondary N) is 4. The summed E-state index contributed by atoms with van der Waals surface area (Å²) in [5, 5.41) is 9.73. The van der Waals surface area contributed by atoms with Gasteiger partial charge < -0.3 is 20.9 Å². The van der Waals surface area contributed by atoms with Crippen molar-refractivity contribution in [1.29, 1.82) is 0 Å². The quantitative estimate of drug-likeness (QED) is 0.381. The van der Waals surface area contributed by atoms with Crippen molar-refractivity contribution in [3.63, 3.8) is 0 Å². The number of benzene rings is 1. The molecule has 4 aromatic rings. The highest BCUT2D eigenvalue weighted by atomic mass is 15.2. The summed E-state index contributed by atoms with van der Waals surface area (Å²) < 4.78 is 0. The summed E-state index contributed by atoms with van der Waals surface area (Å²) in [5.74, 6) is 2.22. The third kappa shape index (κ3) is 4.47. The van der Waals surface area contributed by atoms with Gasteiger partial charge in [-0.1, -0.05) is 6.07 Å². The number of hydrogen-bond donors (Lipinski definition) is 4. The van der Waals surface area contributed by atoms with E-state index >= 15 is 0 Å². The first-order valence-electron chi connectivity index (χ1n) is 10.4. The number of hydrogen-bond acceptors (Lipinski definition) is 8. The number of anilines is 3. The van der Waals surface area contributed by atoms with Gasteiger partial charge in [-0.3, -0.25) is 4.90 Å². The molecule has 1 aliphatic rings. The molecule has 4 heterocycles. The minimum atomic E-state index is 0.664. The number of H-pyrrole nitrogens is 1. The fraction of sp³-hybridized carbons (Fsp3) is 0.273. The smallest absolute Gasteiger partial charge is 0.206 e. The van der Waals surface area contributed by atoms with E-state index in [9.17, 15) is 0 Å². The highest BCUT2D eigenvalue weighted by Crippen LogP contribution is 2.25. The Balaban J connectivity index is 1.34. The van der Waals surface area contributed by atoms with E-state index in [1.807, 2.05) is 37.5 Å². The van der Waals surface area contributed by atoms with E-state index in [-0.39, 0.29) is 0 Å². The average molecular weight is 416 g/mol. The molecular formula is C22H25N9. The van der Waals surface area contributed by atoms with Gasteiger partial charge in [0.2, 0.25) is 5.95 Å². The third-order valence-corrected chi connectivity index (χ3v) is 5.39. The summed E-state index contributed by atoms with van der Waals surface area (Å²) in [7, 11) is 1.84. The van der Waals surface area contributed by atoms with Gasteiger partial charge in [-0.2, -0.15) is 0 Å². The number of piperazine rings is 1. The molecule has 0 bridgehead atoms. The van der Waals surface area contributed by atoms with E-state index in [1.165, 1.54) is 5.56 Å². The van der Waals surface area contributed by atoms with Crippen LogP contribution in [0.4, 0.5) is 17.6 Å². The van der Waals surface area contributed by atoms with Gasteiger partial charge in [0.15, 0.2) is 0 Å². The van der Waals surface area contributed by atoms with E-state index in [2.05, 4.69) is 57.9 Å². The monoisotopic (exact) mass is 415 g/mol. The van der Waals surface area contributed by atoms with E-state index in [1.54, 1.807) is 6.33 Å². The molecule has 1 fully saturated rings. The fourth-order valence-electron chi connectivity index (χ4n) is 3.77. The molecule has 1 saturated heterocycles. The molecule has 0 unspecified atom stereocenters. The average Bonchev–Trinajstić information content (AvgIpc) is 3.21. The molecular weight excluding hydrogens is 390 g/mol. The molecule has 1 aliphatic heterocycles. The fourth-order valence-corrected chi connectivity index (χ4v) is 3.77. The highest BCUT2D eigenvalue weighted by molar-refractivity contribution is 5.83. The molecule has 1 aromatic carbocycles. The van der Waals surface area contributed by atoms with Crippen LogP contribution in [-0.2, 0) is 6.54 Å². The van der Waals surface area contributed by atoms with Crippen LogP contribution in [0.25, 0.3) is 22.3 Å². The molecule has 5 rings (SSSR count). The molecule has 9 nitrogen and oxygen atoms in total. The molecule has 9 heteroatoms. The van der Waals surface area contributed by atoms with Crippen molar-refractivity contribution < 1.29 is 0 Å². The lowest BCUT2D eigenvalue weighted by atomic mass is 10.1. The van der Waals surface area contributed by atoms with Gasteiger partial charge in [0.25, 0.3) is 0 Å². The molecule has 0 spiro atoms. The van der Waals surface area contributed by atoms with Gasteiger partial charge in [-0.15, -0.1) is 0 Å². The molecule has 0 amide bonds. The van der Waals surface area contributed by atoms with Gasteiger partial charge in [0.1, 0.15) is 18.0 Å². The van der Waals surface area contributed by atoms with Crippen LogP contribution in [-0.4, -0.2) is 63.0 Å². The number of fused-ring (bicyclic) bond motifs is 1. The van der Waals surface area contributed by atoms with E-state index in [4.69, 9.17) is 0 Å². The Labute approximate surface area is 180 Å². The van der Waals surface area contributed by atoms with Crippen LogP contribution in [0.3, 0.4) is 0 Å². The highest BCUT2D eigenvalue weighted by Gasteiger charge is 2.11. The second-order valence-corrected chi connectivity index (χ2v) is 7.56. The van der Waals surface area contributed by atoms with Crippen LogP contribution in [0, 0.1) is 0 Å². The van der Waals surface area contributed by atoms with Gasteiger partial charge in [0.05, 0.1) is 16.7 Å². The van der Waals surface area contributed by atoms with Crippen LogP contribution in [0.2, 0.25) is 0 Å². The summed E-state index contributed by atoms with van der Waals surface area (Å²) in [5.41, 5.74) is 4.90.